The second-order valence-electron chi connectivity index (χ2n) is 5.18. The van der Waals surface area contributed by atoms with Crippen molar-refractivity contribution in [2.24, 2.45) is 0 Å². The van der Waals surface area contributed by atoms with Gasteiger partial charge in [-0.2, -0.15) is 0 Å². The van der Waals surface area contributed by atoms with Gasteiger partial charge in [0, 0.05) is 17.3 Å². The molecule has 98 valence electrons. The Hall–Kier alpha value is -1.26. The van der Waals surface area contributed by atoms with Gasteiger partial charge in [-0.1, -0.05) is 11.6 Å². The average Bonchev–Trinajstić information content (AvgIpc) is 2.28. The lowest BCUT2D eigenvalue weighted by Gasteiger charge is -2.44. The molecule has 0 saturated carbocycles. The van der Waals surface area contributed by atoms with Crippen LogP contribution in [-0.2, 0) is 4.79 Å². The Bertz CT molecular complexity index is 445. The number of carbonyl (C=O) groups is 1. The molecule has 2 N–H and O–H groups in total. The van der Waals surface area contributed by atoms with Gasteiger partial charge in [-0.3, -0.25) is 4.79 Å². The summed E-state index contributed by atoms with van der Waals surface area (Å²) in [6.45, 7) is 4.36. The molecular formula is C13H17ClN2O2. The summed E-state index contributed by atoms with van der Waals surface area (Å²) < 4.78 is 0. The molecule has 1 atom stereocenters. The first-order valence-corrected chi connectivity index (χ1v) is 6.26. The van der Waals surface area contributed by atoms with E-state index >= 15 is 0 Å². The monoisotopic (exact) mass is 268 g/mol. The maximum atomic E-state index is 12.0. The minimum Gasteiger partial charge on any atom is -0.394 e. The lowest BCUT2D eigenvalue weighted by atomic mass is 9.97. The van der Waals surface area contributed by atoms with Gasteiger partial charge in [-0.05, 0) is 38.1 Å². The third kappa shape index (κ3) is 2.60. The van der Waals surface area contributed by atoms with Crippen LogP contribution >= 0.6 is 11.6 Å². The first-order chi connectivity index (χ1) is 8.43. The van der Waals surface area contributed by atoms with Crippen molar-refractivity contribution in [3.05, 3.63) is 29.3 Å². The van der Waals surface area contributed by atoms with Crippen LogP contribution in [0.1, 0.15) is 13.8 Å². The Labute approximate surface area is 112 Å². The number of benzene rings is 1. The highest BCUT2D eigenvalue weighted by Gasteiger charge is 2.38. The molecule has 1 fully saturated rings. The van der Waals surface area contributed by atoms with Crippen LogP contribution in [0.2, 0.25) is 5.02 Å². The van der Waals surface area contributed by atoms with Gasteiger partial charge >= 0.3 is 0 Å². The maximum absolute atomic E-state index is 12.0. The second kappa shape index (κ2) is 4.78. The predicted molar refractivity (Wildman–Crippen MR) is 71.9 cm³/mol. The number of hydrogen-bond donors (Lipinski definition) is 2. The lowest BCUT2D eigenvalue weighted by Crippen LogP contribution is -2.66. The Balaban J connectivity index is 2.32. The van der Waals surface area contributed by atoms with Crippen LogP contribution in [0.15, 0.2) is 24.3 Å². The van der Waals surface area contributed by atoms with Gasteiger partial charge in [0.1, 0.15) is 6.04 Å². The van der Waals surface area contributed by atoms with E-state index in [0.29, 0.717) is 11.6 Å². The molecular weight excluding hydrogens is 252 g/mol. The second-order valence-corrected chi connectivity index (χ2v) is 5.61. The van der Waals surface area contributed by atoms with E-state index in [9.17, 15) is 9.90 Å². The van der Waals surface area contributed by atoms with Crippen LogP contribution < -0.4 is 10.2 Å². The fraction of sp³-hybridized carbons (Fsp3) is 0.462. The van der Waals surface area contributed by atoms with E-state index in [1.165, 1.54) is 0 Å². The van der Waals surface area contributed by atoms with Crippen LogP contribution in [0.5, 0.6) is 0 Å². The molecule has 0 bridgehead atoms. The van der Waals surface area contributed by atoms with Gasteiger partial charge in [-0.15, -0.1) is 0 Å². The molecule has 0 aliphatic carbocycles. The summed E-state index contributed by atoms with van der Waals surface area (Å²) in [7, 11) is 0. The van der Waals surface area contributed by atoms with E-state index in [2.05, 4.69) is 5.32 Å². The number of hydrogen-bond acceptors (Lipinski definition) is 3. The number of aliphatic hydroxyl groups is 1. The number of amides is 1. The van der Waals surface area contributed by atoms with Crippen molar-refractivity contribution in [2.75, 3.05) is 18.1 Å². The molecule has 1 aliphatic rings. The average molecular weight is 269 g/mol. The number of nitrogens with one attached hydrogen (secondary N) is 1. The zero-order valence-electron chi connectivity index (χ0n) is 10.5. The summed E-state index contributed by atoms with van der Waals surface area (Å²) in [4.78, 5) is 13.9. The van der Waals surface area contributed by atoms with Crippen molar-refractivity contribution >= 4 is 23.2 Å². The number of rotatable bonds is 2. The van der Waals surface area contributed by atoms with Gasteiger partial charge in [0.15, 0.2) is 0 Å². The van der Waals surface area contributed by atoms with Crippen LogP contribution in [0.3, 0.4) is 0 Å². The first-order valence-electron chi connectivity index (χ1n) is 5.88. The molecule has 0 spiro atoms. The smallest absolute Gasteiger partial charge is 0.245 e. The minimum absolute atomic E-state index is 0.149. The van der Waals surface area contributed by atoms with Crippen molar-refractivity contribution in [3.8, 4) is 0 Å². The normalized spacial score (nSPS) is 22.8. The fourth-order valence-corrected chi connectivity index (χ4v) is 2.35. The van der Waals surface area contributed by atoms with E-state index in [0.717, 1.165) is 5.69 Å². The van der Waals surface area contributed by atoms with Crippen LogP contribution in [0.4, 0.5) is 5.69 Å². The molecule has 0 aromatic heterocycles. The van der Waals surface area contributed by atoms with Gasteiger partial charge in [-0.25, -0.2) is 0 Å². The van der Waals surface area contributed by atoms with Crippen molar-refractivity contribution in [3.63, 3.8) is 0 Å². The number of carbonyl (C=O) groups excluding carboxylic acids is 1. The van der Waals surface area contributed by atoms with Gasteiger partial charge in [0.2, 0.25) is 5.91 Å². The highest BCUT2D eigenvalue weighted by molar-refractivity contribution is 6.30. The van der Waals surface area contributed by atoms with Crippen LogP contribution in [0.25, 0.3) is 0 Å². The van der Waals surface area contributed by atoms with Crippen LogP contribution in [-0.4, -0.2) is 35.7 Å². The Morgan fingerprint density at radius 2 is 2.06 bits per heavy atom. The van der Waals surface area contributed by atoms with Crippen LogP contribution in [0, 0.1) is 0 Å². The molecule has 1 heterocycles. The molecule has 1 aromatic rings. The zero-order valence-corrected chi connectivity index (χ0v) is 11.2. The summed E-state index contributed by atoms with van der Waals surface area (Å²) in [6, 6.07) is 6.74. The number of aliphatic hydroxyl groups excluding tert-OH is 1. The molecule has 1 saturated heterocycles. The zero-order chi connectivity index (χ0) is 13.3. The SMILES string of the molecule is CC1(C)CN(c2ccc(Cl)cc2)C(CO)C(=O)N1. The van der Waals surface area contributed by atoms with E-state index in [1.54, 1.807) is 12.1 Å². The van der Waals surface area contributed by atoms with Crippen molar-refractivity contribution in [1.29, 1.82) is 0 Å². The lowest BCUT2D eigenvalue weighted by molar-refractivity contribution is -0.126. The third-order valence-corrected chi connectivity index (χ3v) is 3.29. The van der Waals surface area contributed by atoms with Gasteiger partial charge in [0.25, 0.3) is 0 Å². The topological polar surface area (TPSA) is 52.6 Å². The van der Waals surface area contributed by atoms with E-state index in [-0.39, 0.29) is 18.1 Å². The fourth-order valence-electron chi connectivity index (χ4n) is 2.22. The number of anilines is 1. The molecule has 4 nitrogen and oxygen atoms in total. The molecule has 1 amide bonds. The summed E-state index contributed by atoms with van der Waals surface area (Å²) >= 11 is 5.86. The summed E-state index contributed by atoms with van der Waals surface area (Å²) in [5.41, 5.74) is 0.573. The molecule has 1 aliphatic heterocycles. The predicted octanol–water partition coefficient (Wildman–Crippen LogP) is 1.42. The molecule has 18 heavy (non-hydrogen) atoms. The largest absolute Gasteiger partial charge is 0.394 e. The Morgan fingerprint density at radius 3 is 2.61 bits per heavy atom. The van der Waals surface area contributed by atoms with Gasteiger partial charge in [0.05, 0.1) is 12.1 Å². The number of nitrogens with zero attached hydrogens (tertiary/aromatic N) is 1. The molecule has 0 radical (unpaired) electrons. The van der Waals surface area contributed by atoms with Crippen molar-refractivity contribution in [1.82, 2.24) is 5.32 Å². The Kier molecular flexibility index (Phi) is 3.50. The molecule has 2 rings (SSSR count). The summed E-state index contributed by atoms with van der Waals surface area (Å²) in [5, 5.41) is 12.9. The highest BCUT2D eigenvalue weighted by Crippen LogP contribution is 2.25. The summed E-state index contributed by atoms with van der Waals surface area (Å²) in [5.74, 6) is -0.149. The summed E-state index contributed by atoms with van der Waals surface area (Å²) in [6.07, 6.45) is 0. The van der Waals surface area contributed by atoms with E-state index < -0.39 is 6.04 Å². The first kappa shape index (κ1) is 13.2. The molecule has 5 heteroatoms. The van der Waals surface area contributed by atoms with Crippen molar-refractivity contribution in [2.45, 2.75) is 25.4 Å². The van der Waals surface area contributed by atoms with Crippen molar-refractivity contribution < 1.29 is 9.90 Å². The highest BCUT2D eigenvalue weighted by atomic mass is 35.5. The Morgan fingerprint density at radius 1 is 1.44 bits per heavy atom. The quantitative estimate of drug-likeness (QED) is 0.853. The van der Waals surface area contributed by atoms with Gasteiger partial charge < -0.3 is 15.3 Å². The minimum atomic E-state index is -0.542. The van der Waals surface area contributed by atoms with E-state index in [1.807, 2.05) is 30.9 Å². The standard InChI is InChI=1S/C13H17ClN2O2/c1-13(2)8-16(11(7-17)12(18)15-13)10-5-3-9(14)4-6-10/h3-6,11,17H,7-8H2,1-2H3,(H,15,18). The maximum Gasteiger partial charge on any atom is 0.245 e. The number of piperazine rings is 1. The molecule has 1 unspecified atom stereocenters. The molecule has 1 aromatic carbocycles. The number of halogens is 1. The van der Waals surface area contributed by atoms with E-state index in [4.69, 9.17) is 11.6 Å². The third-order valence-electron chi connectivity index (χ3n) is 3.04.